The van der Waals surface area contributed by atoms with Crippen molar-refractivity contribution in [1.29, 1.82) is 0 Å². The van der Waals surface area contributed by atoms with Gasteiger partial charge in [-0.1, -0.05) is 0 Å². The molecule has 0 atom stereocenters. The molecule has 0 saturated carbocycles. The predicted octanol–water partition coefficient (Wildman–Crippen LogP) is 4.88. The van der Waals surface area contributed by atoms with Crippen molar-refractivity contribution < 1.29 is 23.7 Å². The van der Waals surface area contributed by atoms with E-state index in [-0.39, 0.29) is 5.91 Å². The van der Waals surface area contributed by atoms with Crippen LogP contribution in [-0.4, -0.2) is 44.6 Å². The number of hydrogen-bond acceptors (Lipinski definition) is 8. The number of hydrogen-bond donors (Lipinski definition) is 1. The number of methoxy groups -OCH3 is 2. The third-order valence-corrected chi connectivity index (χ3v) is 6.73. The maximum absolute atomic E-state index is 13.1. The zero-order valence-electron chi connectivity index (χ0n) is 17.6. The number of benzene rings is 2. The number of ether oxygens (including phenoxy) is 4. The molecule has 0 aliphatic carbocycles. The molecule has 2 heterocycles. The summed E-state index contributed by atoms with van der Waals surface area (Å²) in [6, 6.07) is 9.27. The zero-order chi connectivity index (χ0) is 22.0. The average Bonchev–Trinajstić information content (AvgIpc) is 3.19. The molecule has 1 N–H and O–H groups in total. The summed E-state index contributed by atoms with van der Waals surface area (Å²) in [6.45, 7) is 2.84. The van der Waals surface area contributed by atoms with Crippen LogP contribution in [0.2, 0.25) is 0 Å². The first-order valence-electron chi connectivity index (χ1n) is 9.53. The first-order chi connectivity index (χ1) is 15.0. The lowest BCUT2D eigenvalue weighted by atomic mass is 10.2. The summed E-state index contributed by atoms with van der Waals surface area (Å²) in [6.07, 6.45) is 1.95. The highest BCUT2D eigenvalue weighted by Gasteiger charge is 2.21. The zero-order valence-corrected chi connectivity index (χ0v) is 19.2. The van der Waals surface area contributed by atoms with Gasteiger partial charge in [-0.3, -0.25) is 4.79 Å². The van der Waals surface area contributed by atoms with E-state index in [0.717, 1.165) is 15.5 Å². The minimum Gasteiger partial charge on any atom is -0.493 e. The number of aryl methyl sites for hydroxylation is 1. The summed E-state index contributed by atoms with van der Waals surface area (Å²) >= 11 is 2.86. The highest BCUT2D eigenvalue weighted by Crippen LogP contribution is 2.40. The van der Waals surface area contributed by atoms with Crippen LogP contribution in [0.15, 0.2) is 35.2 Å². The second-order valence-corrected chi connectivity index (χ2v) is 8.50. The first kappa shape index (κ1) is 21.3. The van der Waals surface area contributed by atoms with Crippen molar-refractivity contribution in [3.63, 3.8) is 0 Å². The Kier molecular flexibility index (Phi) is 6.24. The molecule has 162 valence electrons. The number of thiazole rings is 1. The van der Waals surface area contributed by atoms with Crippen LogP contribution in [0.4, 0.5) is 5.69 Å². The first-order valence-corrected chi connectivity index (χ1v) is 11.6. The second-order valence-electron chi connectivity index (χ2n) is 6.65. The third kappa shape index (κ3) is 4.28. The van der Waals surface area contributed by atoms with Crippen molar-refractivity contribution in [3.05, 3.63) is 40.9 Å². The van der Waals surface area contributed by atoms with E-state index in [1.54, 1.807) is 14.2 Å². The lowest BCUT2D eigenvalue weighted by molar-refractivity contribution is 0.102. The van der Waals surface area contributed by atoms with Crippen molar-refractivity contribution in [2.75, 3.05) is 39.0 Å². The molecule has 2 aromatic carbocycles. The fraction of sp³-hybridized carbons (Fsp3) is 0.273. The smallest absolute Gasteiger partial charge is 0.267 e. The summed E-state index contributed by atoms with van der Waals surface area (Å²) in [5, 5.41) is 3.74. The van der Waals surface area contributed by atoms with E-state index in [1.807, 2.05) is 43.5 Å². The topological polar surface area (TPSA) is 78.9 Å². The predicted molar refractivity (Wildman–Crippen MR) is 123 cm³/mol. The van der Waals surface area contributed by atoms with Crippen molar-refractivity contribution in [1.82, 2.24) is 4.98 Å². The Labute approximate surface area is 188 Å². The molecule has 1 aromatic heterocycles. The highest BCUT2D eigenvalue weighted by atomic mass is 32.2. The van der Waals surface area contributed by atoms with E-state index in [4.69, 9.17) is 18.9 Å². The second kappa shape index (κ2) is 9.07. The van der Waals surface area contributed by atoms with E-state index in [0.29, 0.717) is 52.5 Å². The summed E-state index contributed by atoms with van der Waals surface area (Å²) < 4.78 is 22.0. The number of anilines is 1. The average molecular weight is 459 g/mol. The molecule has 7 nitrogen and oxygen atoms in total. The van der Waals surface area contributed by atoms with Crippen molar-refractivity contribution in [2.24, 2.45) is 0 Å². The van der Waals surface area contributed by atoms with Crippen LogP contribution in [0, 0.1) is 6.92 Å². The highest BCUT2D eigenvalue weighted by molar-refractivity contribution is 7.98. The van der Waals surface area contributed by atoms with Gasteiger partial charge in [0.25, 0.3) is 5.91 Å². The fourth-order valence-electron chi connectivity index (χ4n) is 3.22. The van der Waals surface area contributed by atoms with Gasteiger partial charge in [-0.25, -0.2) is 4.98 Å². The monoisotopic (exact) mass is 458 g/mol. The molecule has 31 heavy (non-hydrogen) atoms. The number of rotatable bonds is 6. The Bertz CT molecular complexity index is 1130. The molecule has 3 aromatic rings. The van der Waals surface area contributed by atoms with Gasteiger partial charge in [0.15, 0.2) is 23.0 Å². The summed E-state index contributed by atoms with van der Waals surface area (Å²) in [7, 11) is 3.18. The maximum Gasteiger partial charge on any atom is 0.267 e. The van der Waals surface area contributed by atoms with Crippen LogP contribution in [0.3, 0.4) is 0 Å². The molecule has 1 aliphatic heterocycles. The minimum absolute atomic E-state index is 0.214. The number of fused-ring (bicyclic) bond motifs is 1. The van der Waals surface area contributed by atoms with Crippen LogP contribution in [0.25, 0.3) is 10.6 Å². The normalized spacial score (nSPS) is 12.4. The standard InChI is InChI=1S/C22H22N2O5S2/c1-12-20(31-22(23-12)13-5-6-15(26-2)16(9-13)27-3)21(25)24-14-10-17-18(11-19(14)30-4)29-8-7-28-17/h5-6,9-11H,7-8H2,1-4H3,(H,24,25). The molecule has 0 spiro atoms. The largest absolute Gasteiger partial charge is 0.493 e. The maximum atomic E-state index is 13.1. The lowest BCUT2D eigenvalue weighted by Crippen LogP contribution is -2.17. The molecule has 9 heteroatoms. The van der Waals surface area contributed by atoms with E-state index >= 15 is 0 Å². The molecule has 0 radical (unpaired) electrons. The third-order valence-electron chi connectivity index (χ3n) is 4.75. The van der Waals surface area contributed by atoms with Gasteiger partial charge in [-0.15, -0.1) is 23.1 Å². The van der Waals surface area contributed by atoms with Crippen LogP contribution >= 0.6 is 23.1 Å². The van der Waals surface area contributed by atoms with Crippen molar-refractivity contribution in [2.45, 2.75) is 11.8 Å². The summed E-state index contributed by atoms with van der Waals surface area (Å²) in [4.78, 5) is 19.1. The number of carbonyl (C=O) groups excluding carboxylic acids is 1. The van der Waals surface area contributed by atoms with Crippen LogP contribution in [0.1, 0.15) is 15.4 Å². The van der Waals surface area contributed by atoms with Gasteiger partial charge in [0.1, 0.15) is 23.1 Å². The number of nitrogens with zero attached hydrogens (tertiary/aromatic N) is 1. The van der Waals surface area contributed by atoms with Gasteiger partial charge in [0.2, 0.25) is 0 Å². The Morgan fingerprint density at radius 3 is 2.48 bits per heavy atom. The molecule has 1 aliphatic rings. The number of nitrogens with one attached hydrogen (secondary N) is 1. The Balaban J connectivity index is 1.62. The fourth-order valence-corrected chi connectivity index (χ4v) is 4.73. The summed E-state index contributed by atoms with van der Waals surface area (Å²) in [5.74, 6) is 2.36. The van der Waals surface area contributed by atoms with Crippen LogP contribution < -0.4 is 24.3 Å². The Morgan fingerprint density at radius 2 is 1.81 bits per heavy atom. The molecule has 0 fully saturated rings. The number of carbonyl (C=O) groups is 1. The van der Waals surface area contributed by atoms with E-state index in [9.17, 15) is 4.79 Å². The van der Waals surface area contributed by atoms with Crippen LogP contribution in [-0.2, 0) is 0 Å². The summed E-state index contributed by atoms with van der Waals surface area (Å²) in [5.41, 5.74) is 2.20. The SMILES string of the molecule is COc1ccc(-c2nc(C)c(C(=O)Nc3cc4c(cc3SC)OCCO4)s2)cc1OC. The quantitative estimate of drug-likeness (QED) is 0.527. The molecule has 4 rings (SSSR count). The molecular weight excluding hydrogens is 436 g/mol. The molecule has 0 unspecified atom stereocenters. The van der Waals surface area contributed by atoms with Crippen molar-refractivity contribution >= 4 is 34.7 Å². The van der Waals surface area contributed by atoms with Crippen LogP contribution in [0.5, 0.6) is 23.0 Å². The van der Waals surface area contributed by atoms with Gasteiger partial charge < -0.3 is 24.3 Å². The van der Waals surface area contributed by atoms with E-state index in [1.165, 1.54) is 23.1 Å². The van der Waals surface area contributed by atoms with E-state index < -0.39 is 0 Å². The Morgan fingerprint density at radius 1 is 1.10 bits per heavy atom. The molecule has 1 amide bonds. The van der Waals surface area contributed by atoms with Gasteiger partial charge in [-0.2, -0.15) is 0 Å². The molecule has 0 saturated heterocycles. The van der Waals surface area contributed by atoms with Gasteiger partial charge >= 0.3 is 0 Å². The number of amides is 1. The van der Waals surface area contributed by atoms with Gasteiger partial charge in [0, 0.05) is 16.5 Å². The minimum atomic E-state index is -0.214. The molecule has 0 bridgehead atoms. The lowest BCUT2D eigenvalue weighted by Gasteiger charge is -2.20. The van der Waals surface area contributed by atoms with Crippen molar-refractivity contribution in [3.8, 4) is 33.6 Å². The number of aromatic nitrogens is 1. The molecular formula is C22H22N2O5S2. The number of thioether (sulfide) groups is 1. The van der Waals surface area contributed by atoms with Gasteiger partial charge in [-0.05, 0) is 37.4 Å². The Hall–Kier alpha value is -2.91. The van der Waals surface area contributed by atoms with Gasteiger partial charge in [0.05, 0.1) is 25.6 Å². The van der Waals surface area contributed by atoms with E-state index in [2.05, 4.69) is 10.3 Å².